The lowest BCUT2D eigenvalue weighted by Crippen LogP contribution is -2.54. The number of hydrogen-bond acceptors (Lipinski definition) is 6. The van der Waals surface area contributed by atoms with E-state index in [0.717, 1.165) is 29.7 Å². The Kier molecular flexibility index (Phi) is 4.38. The van der Waals surface area contributed by atoms with Gasteiger partial charge in [0.1, 0.15) is 11.1 Å². The number of carbonyl (C=O) groups is 2. The van der Waals surface area contributed by atoms with Crippen molar-refractivity contribution in [2.75, 3.05) is 11.9 Å². The number of nitriles is 1. The number of nitrogens with one attached hydrogen (secondary N) is 2. The van der Waals surface area contributed by atoms with E-state index in [1.807, 2.05) is 0 Å². The van der Waals surface area contributed by atoms with Crippen molar-refractivity contribution in [3.8, 4) is 6.07 Å². The predicted octanol–water partition coefficient (Wildman–Crippen LogP) is 2.67. The molecule has 0 aromatic carbocycles. The second-order valence-electron chi connectivity index (χ2n) is 7.97. The van der Waals surface area contributed by atoms with Gasteiger partial charge < -0.3 is 15.4 Å². The number of amides is 1. The van der Waals surface area contributed by atoms with E-state index in [1.165, 1.54) is 11.3 Å². The molecule has 0 spiro atoms. The molecule has 1 aliphatic heterocycles. The molecule has 1 aromatic heterocycles. The monoisotopic (exact) mass is 361 g/mol. The summed E-state index contributed by atoms with van der Waals surface area (Å²) in [5.74, 6) is -0.757. The van der Waals surface area contributed by atoms with Gasteiger partial charge in [0, 0.05) is 16.0 Å². The highest BCUT2D eigenvalue weighted by Crippen LogP contribution is 2.44. The zero-order chi connectivity index (χ0) is 18.4. The molecule has 7 heteroatoms. The summed E-state index contributed by atoms with van der Waals surface area (Å²) in [6, 6.07) is 2.24. The van der Waals surface area contributed by atoms with Crippen LogP contribution in [0, 0.1) is 17.2 Å². The van der Waals surface area contributed by atoms with Gasteiger partial charge in [0.25, 0.3) is 5.91 Å². The van der Waals surface area contributed by atoms with E-state index in [0.29, 0.717) is 10.6 Å². The number of hydrogen-bond donors (Lipinski definition) is 2. The number of esters is 1. The number of rotatable bonds is 4. The Morgan fingerprint density at radius 3 is 2.64 bits per heavy atom. The van der Waals surface area contributed by atoms with E-state index in [2.05, 4.69) is 44.4 Å². The van der Waals surface area contributed by atoms with Crippen LogP contribution in [0.3, 0.4) is 0 Å². The maximum Gasteiger partial charge on any atom is 0.309 e. The van der Waals surface area contributed by atoms with E-state index in [1.54, 1.807) is 0 Å². The molecule has 1 amide bonds. The Labute approximate surface area is 151 Å². The second-order valence-corrected chi connectivity index (χ2v) is 8.99. The molecule has 1 aliphatic carbocycles. The number of nitrogens with zero attached hydrogens (tertiary/aromatic N) is 1. The van der Waals surface area contributed by atoms with Crippen molar-refractivity contribution in [3.05, 3.63) is 16.0 Å². The van der Waals surface area contributed by atoms with Crippen LogP contribution in [0.2, 0.25) is 0 Å². The van der Waals surface area contributed by atoms with Gasteiger partial charge in [-0.05, 0) is 52.5 Å². The summed E-state index contributed by atoms with van der Waals surface area (Å²) in [5.41, 5.74) is 1.09. The summed E-state index contributed by atoms with van der Waals surface area (Å²) in [5, 5.41) is 16.5. The smallest absolute Gasteiger partial charge is 0.309 e. The van der Waals surface area contributed by atoms with Crippen molar-refractivity contribution in [3.63, 3.8) is 0 Å². The fourth-order valence-electron chi connectivity index (χ4n) is 3.47. The van der Waals surface area contributed by atoms with Gasteiger partial charge in [-0.1, -0.05) is 0 Å². The molecule has 134 valence electrons. The van der Waals surface area contributed by atoms with Gasteiger partial charge in [0.15, 0.2) is 6.61 Å². The van der Waals surface area contributed by atoms with Crippen molar-refractivity contribution in [2.45, 2.75) is 58.0 Å². The highest BCUT2D eigenvalue weighted by molar-refractivity contribution is 7.17. The summed E-state index contributed by atoms with van der Waals surface area (Å²) >= 11 is 1.42. The Morgan fingerprint density at radius 1 is 1.36 bits per heavy atom. The van der Waals surface area contributed by atoms with Crippen LogP contribution in [0.5, 0.6) is 0 Å². The van der Waals surface area contributed by atoms with Gasteiger partial charge >= 0.3 is 5.97 Å². The van der Waals surface area contributed by atoms with Gasteiger partial charge in [0.2, 0.25) is 0 Å². The predicted molar refractivity (Wildman–Crippen MR) is 95.3 cm³/mol. The van der Waals surface area contributed by atoms with Crippen LogP contribution < -0.4 is 10.6 Å². The van der Waals surface area contributed by atoms with Crippen molar-refractivity contribution < 1.29 is 14.3 Å². The first-order valence-corrected chi connectivity index (χ1v) is 9.27. The maximum atomic E-state index is 12.1. The summed E-state index contributed by atoms with van der Waals surface area (Å²) in [6.45, 7) is 8.05. The second kappa shape index (κ2) is 6.11. The van der Waals surface area contributed by atoms with Crippen molar-refractivity contribution >= 4 is 28.2 Å². The molecule has 0 bridgehead atoms. The molecule has 0 atom stereocenters. The lowest BCUT2D eigenvalue weighted by Gasteiger charge is -2.42. The van der Waals surface area contributed by atoms with Crippen molar-refractivity contribution in [1.82, 2.24) is 5.32 Å². The fraction of sp³-hybridized carbons (Fsp3) is 0.611. The van der Waals surface area contributed by atoms with Crippen LogP contribution in [-0.4, -0.2) is 24.0 Å². The molecule has 0 saturated heterocycles. The molecule has 2 N–H and O–H groups in total. The Balaban J connectivity index is 1.78. The average molecular weight is 361 g/mol. The van der Waals surface area contributed by atoms with Crippen LogP contribution in [-0.2, 0) is 26.3 Å². The Hall–Kier alpha value is -1.91. The third-order valence-electron chi connectivity index (χ3n) is 4.47. The summed E-state index contributed by atoms with van der Waals surface area (Å²) in [6.07, 6.45) is 2.40. The lowest BCUT2D eigenvalue weighted by atomic mass is 9.81. The molecular formula is C18H23N3O3S. The highest BCUT2D eigenvalue weighted by atomic mass is 32.1. The number of anilines is 1. The van der Waals surface area contributed by atoms with Gasteiger partial charge in [-0.15, -0.1) is 11.3 Å². The number of ether oxygens (including phenoxy) is 1. The first-order valence-electron chi connectivity index (χ1n) is 8.45. The first kappa shape index (κ1) is 17.9. The lowest BCUT2D eigenvalue weighted by molar-refractivity contribution is -0.148. The van der Waals surface area contributed by atoms with E-state index in [-0.39, 0.29) is 29.6 Å². The van der Waals surface area contributed by atoms with Crippen molar-refractivity contribution in [1.29, 1.82) is 5.26 Å². The quantitative estimate of drug-likeness (QED) is 0.805. The van der Waals surface area contributed by atoms with Crippen LogP contribution >= 0.6 is 11.3 Å². The van der Waals surface area contributed by atoms with E-state index >= 15 is 0 Å². The number of fused-ring (bicyclic) bond motifs is 1. The van der Waals surface area contributed by atoms with Crippen LogP contribution in [0.25, 0.3) is 0 Å². The van der Waals surface area contributed by atoms with E-state index in [4.69, 9.17) is 4.74 Å². The molecule has 1 aromatic rings. The number of thiophene rings is 1. The summed E-state index contributed by atoms with van der Waals surface area (Å²) in [7, 11) is 0. The SMILES string of the molecule is CC1(C)Cc2c(sc(NC(=O)COC(=O)C3CC3)c2C#N)C(C)(C)N1. The molecule has 2 aliphatic rings. The zero-order valence-electron chi connectivity index (χ0n) is 15.0. The molecule has 0 radical (unpaired) electrons. The van der Waals surface area contributed by atoms with Crippen LogP contribution in [0.1, 0.15) is 56.5 Å². The fourth-order valence-corrected chi connectivity index (χ4v) is 4.71. The molecule has 1 saturated carbocycles. The molecular weight excluding hydrogens is 338 g/mol. The minimum atomic E-state index is -0.408. The highest BCUT2D eigenvalue weighted by Gasteiger charge is 2.40. The van der Waals surface area contributed by atoms with Gasteiger partial charge in [0.05, 0.1) is 11.5 Å². The standard InChI is InChI=1S/C18H23N3O3S/c1-17(2)7-11-12(8-19)15(25-14(11)18(3,4)21-17)20-13(22)9-24-16(23)10-5-6-10/h10,21H,5-7,9H2,1-4H3,(H,20,22). The van der Waals surface area contributed by atoms with Crippen LogP contribution in [0.4, 0.5) is 5.00 Å². The van der Waals surface area contributed by atoms with Gasteiger partial charge in [-0.3, -0.25) is 9.59 Å². The largest absolute Gasteiger partial charge is 0.455 e. The third-order valence-corrected chi connectivity index (χ3v) is 5.94. The number of carbonyl (C=O) groups excluding carboxylic acids is 2. The molecule has 2 heterocycles. The van der Waals surface area contributed by atoms with Crippen LogP contribution in [0.15, 0.2) is 0 Å². The molecule has 3 rings (SSSR count). The van der Waals surface area contributed by atoms with E-state index in [9.17, 15) is 14.9 Å². The van der Waals surface area contributed by atoms with Crippen molar-refractivity contribution in [2.24, 2.45) is 5.92 Å². The van der Waals surface area contributed by atoms with E-state index < -0.39 is 5.91 Å². The summed E-state index contributed by atoms with van der Waals surface area (Å²) < 4.78 is 5.01. The zero-order valence-corrected chi connectivity index (χ0v) is 15.8. The minimum absolute atomic E-state index is 0.0365. The van der Waals surface area contributed by atoms with Gasteiger partial charge in [-0.25, -0.2) is 0 Å². The molecule has 25 heavy (non-hydrogen) atoms. The normalized spacial score (nSPS) is 20.3. The minimum Gasteiger partial charge on any atom is -0.455 e. The van der Waals surface area contributed by atoms with Gasteiger partial charge in [-0.2, -0.15) is 5.26 Å². The maximum absolute atomic E-state index is 12.1. The average Bonchev–Trinajstić information content (AvgIpc) is 3.27. The topological polar surface area (TPSA) is 91.2 Å². The molecule has 0 unspecified atom stereocenters. The first-order chi connectivity index (χ1) is 11.6. The molecule has 1 fully saturated rings. The Morgan fingerprint density at radius 2 is 2.04 bits per heavy atom. The Bertz CT molecular complexity index is 769. The molecule has 6 nitrogen and oxygen atoms in total. The third kappa shape index (κ3) is 3.70. The summed E-state index contributed by atoms with van der Waals surface area (Å²) in [4.78, 5) is 24.7.